The number of para-hydroxylation sites is 1. The van der Waals surface area contributed by atoms with Gasteiger partial charge in [0, 0.05) is 30.2 Å². The molecule has 0 unspecified atom stereocenters. The van der Waals surface area contributed by atoms with Crippen molar-refractivity contribution >= 4 is 10.9 Å². The minimum absolute atomic E-state index is 0.342. The number of aromatic amines is 1. The van der Waals surface area contributed by atoms with Crippen LogP contribution in [0.1, 0.15) is 19.5 Å². The molecule has 3 nitrogen and oxygen atoms in total. The van der Waals surface area contributed by atoms with Crippen LogP contribution in [0.2, 0.25) is 0 Å². The SMILES string of the molecule is CC(C)NC[C@H](O)Cc1cc2ccccc2[nH]1. The fraction of sp³-hybridized carbons (Fsp3) is 0.429. The number of nitrogens with one attached hydrogen (secondary N) is 2. The monoisotopic (exact) mass is 232 g/mol. The maximum absolute atomic E-state index is 9.89. The Morgan fingerprint density at radius 1 is 1.29 bits per heavy atom. The van der Waals surface area contributed by atoms with E-state index in [-0.39, 0.29) is 6.10 Å². The lowest BCUT2D eigenvalue weighted by atomic mass is 10.2. The van der Waals surface area contributed by atoms with Gasteiger partial charge in [0.15, 0.2) is 0 Å². The number of fused-ring (bicyclic) bond motifs is 1. The smallest absolute Gasteiger partial charge is 0.0719 e. The molecule has 0 bridgehead atoms. The lowest BCUT2D eigenvalue weighted by molar-refractivity contribution is 0.168. The Labute approximate surface area is 102 Å². The van der Waals surface area contributed by atoms with Crippen LogP contribution in [-0.4, -0.2) is 28.8 Å². The zero-order valence-corrected chi connectivity index (χ0v) is 10.4. The van der Waals surface area contributed by atoms with Crippen LogP contribution in [-0.2, 0) is 6.42 Å². The van der Waals surface area contributed by atoms with Crippen LogP contribution in [0.5, 0.6) is 0 Å². The van der Waals surface area contributed by atoms with Crippen LogP contribution in [0.25, 0.3) is 10.9 Å². The topological polar surface area (TPSA) is 48.0 Å². The van der Waals surface area contributed by atoms with E-state index in [0.717, 1.165) is 11.2 Å². The fourth-order valence-electron chi connectivity index (χ4n) is 1.94. The Balaban J connectivity index is 1.98. The van der Waals surface area contributed by atoms with E-state index in [2.05, 4.69) is 42.3 Å². The summed E-state index contributed by atoms with van der Waals surface area (Å²) in [5, 5.41) is 14.3. The van der Waals surface area contributed by atoms with E-state index >= 15 is 0 Å². The first kappa shape index (κ1) is 12.1. The first-order chi connectivity index (χ1) is 8.15. The Bertz CT molecular complexity index is 443. The summed E-state index contributed by atoms with van der Waals surface area (Å²) in [4.78, 5) is 3.33. The van der Waals surface area contributed by atoms with Crippen molar-refractivity contribution in [2.75, 3.05) is 6.54 Å². The number of aliphatic hydroxyl groups is 1. The number of hydrogen-bond donors (Lipinski definition) is 3. The van der Waals surface area contributed by atoms with Gasteiger partial charge < -0.3 is 15.4 Å². The van der Waals surface area contributed by atoms with Crippen LogP contribution in [0, 0.1) is 0 Å². The van der Waals surface area contributed by atoms with E-state index in [9.17, 15) is 5.11 Å². The van der Waals surface area contributed by atoms with Crippen molar-refractivity contribution in [3.8, 4) is 0 Å². The van der Waals surface area contributed by atoms with Crippen molar-refractivity contribution in [1.29, 1.82) is 0 Å². The second-order valence-electron chi connectivity index (χ2n) is 4.80. The summed E-state index contributed by atoms with van der Waals surface area (Å²) in [6, 6.07) is 10.7. The summed E-state index contributed by atoms with van der Waals surface area (Å²) in [6.45, 7) is 4.79. The number of aliphatic hydroxyl groups excluding tert-OH is 1. The molecule has 2 aromatic rings. The molecule has 2 rings (SSSR count). The number of aromatic nitrogens is 1. The van der Waals surface area contributed by atoms with Gasteiger partial charge in [0.05, 0.1) is 6.10 Å². The normalized spacial score (nSPS) is 13.4. The molecule has 1 aromatic heterocycles. The van der Waals surface area contributed by atoms with E-state index < -0.39 is 0 Å². The minimum atomic E-state index is -0.342. The third-order valence-electron chi connectivity index (χ3n) is 2.80. The van der Waals surface area contributed by atoms with Gasteiger partial charge in [-0.05, 0) is 17.5 Å². The van der Waals surface area contributed by atoms with Gasteiger partial charge in [-0.15, -0.1) is 0 Å². The van der Waals surface area contributed by atoms with Gasteiger partial charge in [-0.1, -0.05) is 32.0 Å². The third kappa shape index (κ3) is 3.32. The second kappa shape index (κ2) is 5.34. The quantitative estimate of drug-likeness (QED) is 0.739. The van der Waals surface area contributed by atoms with Crippen molar-refractivity contribution in [2.24, 2.45) is 0 Å². The van der Waals surface area contributed by atoms with E-state index in [1.807, 2.05) is 12.1 Å². The Morgan fingerprint density at radius 3 is 2.76 bits per heavy atom. The van der Waals surface area contributed by atoms with Gasteiger partial charge in [0.2, 0.25) is 0 Å². The Kier molecular flexibility index (Phi) is 3.82. The lowest BCUT2D eigenvalue weighted by Crippen LogP contribution is -2.33. The predicted molar refractivity (Wildman–Crippen MR) is 71.1 cm³/mol. The number of rotatable bonds is 5. The summed E-state index contributed by atoms with van der Waals surface area (Å²) in [5.41, 5.74) is 2.22. The molecule has 0 fully saturated rings. The summed E-state index contributed by atoms with van der Waals surface area (Å²) >= 11 is 0. The van der Waals surface area contributed by atoms with Crippen LogP contribution >= 0.6 is 0 Å². The van der Waals surface area contributed by atoms with Crippen molar-refractivity contribution in [1.82, 2.24) is 10.3 Å². The molecule has 0 spiro atoms. The summed E-state index contributed by atoms with van der Waals surface area (Å²) < 4.78 is 0. The second-order valence-corrected chi connectivity index (χ2v) is 4.80. The highest BCUT2D eigenvalue weighted by Crippen LogP contribution is 2.15. The fourth-order valence-corrected chi connectivity index (χ4v) is 1.94. The van der Waals surface area contributed by atoms with Gasteiger partial charge in [-0.3, -0.25) is 0 Å². The summed E-state index contributed by atoms with van der Waals surface area (Å²) in [5.74, 6) is 0. The molecule has 1 aromatic carbocycles. The molecule has 0 aliphatic carbocycles. The maximum atomic E-state index is 9.89. The minimum Gasteiger partial charge on any atom is -0.391 e. The van der Waals surface area contributed by atoms with E-state index in [4.69, 9.17) is 0 Å². The highest BCUT2D eigenvalue weighted by atomic mass is 16.3. The average Bonchev–Trinajstić information content (AvgIpc) is 2.68. The first-order valence-electron chi connectivity index (χ1n) is 6.13. The van der Waals surface area contributed by atoms with Crippen LogP contribution in [0.3, 0.4) is 0 Å². The molecule has 92 valence electrons. The highest BCUT2D eigenvalue weighted by Gasteiger charge is 2.08. The Morgan fingerprint density at radius 2 is 2.06 bits per heavy atom. The molecule has 0 aliphatic rings. The zero-order chi connectivity index (χ0) is 12.3. The molecule has 0 aliphatic heterocycles. The van der Waals surface area contributed by atoms with Gasteiger partial charge in [-0.2, -0.15) is 0 Å². The largest absolute Gasteiger partial charge is 0.391 e. The van der Waals surface area contributed by atoms with E-state index in [1.54, 1.807) is 0 Å². The molecule has 3 heteroatoms. The predicted octanol–water partition coefficient (Wildman–Crippen LogP) is 2.07. The number of H-pyrrole nitrogens is 1. The summed E-state index contributed by atoms with van der Waals surface area (Å²) in [7, 11) is 0. The Hall–Kier alpha value is -1.32. The van der Waals surface area contributed by atoms with Crippen LogP contribution in [0.4, 0.5) is 0 Å². The van der Waals surface area contributed by atoms with Crippen molar-refractivity contribution in [2.45, 2.75) is 32.4 Å². The highest BCUT2D eigenvalue weighted by molar-refractivity contribution is 5.80. The molecular formula is C14H20N2O. The van der Waals surface area contributed by atoms with Crippen molar-refractivity contribution in [3.05, 3.63) is 36.0 Å². The van der Waals surface area contributed by atoms with Gasteiger partial charge in [0.25, 0.3) is 0 Å². The number of benzene rings is 1. The van der Waals surface area contributed by atoms with Gasteiger partial charge in [-0.25, -0.2) is 0 Å². The lowest BCUT2D eigenvalue weighted by Gasteiger charge is -2.13. The van der Waals surface area contributed by atoms with Gasteiger partial charge in [0.1, 0.15) is 0 Å². The van der Waals surface area contributed by atoms with Crippen molar-refractivity contribution < 1.29 is 5.11 Å². The molecule has 3 N–H and O–H groups in total. The number of hydrogen-bond acceptors (Lipinski definition) is 2. The molecule has 0 saturated carbocycles. The maximum Gasteiger partial charge on any atom is 0.0719 e. The zero-order valence-electron chi connectivity index (χ0n) is 10.4. The average molecular weight is 232 g/mol. The van der Waals surface area contributed by atoms with Crippen LogP contribution < -0.4 is 5.32 Å². The van der Waals surface area contributed by atoms with E-state index in [0.29, 0.717) is 19.0 Å². The molecule has 0 saturated heterocycles. The first-order valence-corrected chi connectivity index (χ1v) is 6.13. The van der Waals surface area contributed by atoms with E-state index in [1.165, 1.54) is 5.39 Å². The molecular weight excluding hydrogens is 212 g/mol. The molecule has 1 atom stereocenters. The van der Waals surface area contributed by atoms with Gasteiger partial charge >= 0.3 is 0 Å². The summed E-state index contributed by atoms with van der Waals surface area (Å²) in [6.07, 6.45) is 0.319. The third-order valence-corrected chi connectivity index (χ3v) is 2.80. The molecule has 0 radical (unpaired) electrons. The van der Waals surface area contributed by atoms with Crippen molar-refractivity contribution in [3.63, 3.8) is 0 Å². The molecule has 0 amide bonds. The van der Waals surface area contributed by atoms with Crippen LogP contribution in [0.15, 0.2) is 30.3 Å². The molecule has 17 heavy (non-hydrogen) atoms. The standard InChI is InChI=1S/C14H20N2O/c1-10(2)15-9-13(17)8-12-7-11-5-3-4-6-14(11)16-12/h3-7,10,13,15-17H,8-9H2,1-2H3/t13-/m1/s1. The molecule has 1 heterocycles.